The Kier molecular flexibility index (Phi) is 13.9. The summed E-state index contributed by atoms with van der Waals surface area (Å²) in [6.45, 7) is 10.5. The maximum absolute atomic E-state index is 2.60. The summed E-state index contributed by atoms with van der Waals surface area (Å²) in [6.07, 6.45) is 26.4. The van der Waals surface area contributed by atoms with Crippen LogP contribution in [-0.2, 0) is 0 Å². The lowest BCUT2D eigenvalue weighted by atomic mass is 10.0. The number of nitrogens with zero attached hydrogens (tertiary/aromatic N) is 2. The zero-order chi connectivity index (χ0) is 19.0. The minimum Gasteiger partial charge on any atom is -0.356 e. The lowest BCUT2D eigenvalue weighted by molar-refractivity contribution is 0.114. The van der Waals surface area contributed by atoms with E-state index in [0.717, 1.165) is 0 Å². The highest BCUT2D eigenvalue weighted by atomic mass is 15.4. The van der Waals surface area contributed by atoms with E-state index in [1.165, 1.54) is 103 Å². The van der Waals surface area contributed by atoms with Gasteiger partial charge in [-0.15, -0.1) is 0 Å². The molecule has 1 aliphatic rings. The second-order valence-corrected chi connectivity index (χ2v) is 8.59. The second-order valence-electron chi connectivity index (χ2n) is 8.59. The Hall–Kier alpha value is -0.660. The van der Waals surface area contributed by atoms with Crippen LogP contribution in [0.2, 0.25) is 0 Å². The molecule has 0 aromatic carbocycles. The molecular weight excluding hydrogens is 316 g/mol. The molecule has 0 saturated heterocycles. The predicted molar refractivity (Wildman–Crippen MR) is 117 cm³/mol. The number of unbranched alkanes of at least 4 members (excludes halogenated alkanes) is 12. The molecule has 0 amide bonds. The molecule has 0 radical (unpaired) electrons. The maximum atomic E-state index is 2.60. The lowest BCUT2D eigenvalue weighted by Crippen LogP contribution is -2.42. The van der Waals surface area contributed by atoms with Crippen molar-refractivity contribution in [2.45, 2.75) is 136 Å². The fraction of sp³-hybridized carbons (Fsp3) is 0.917. The molecule has 0 spiro atoms. The van der Waals surface area contributed by atoms with Crippen molar-refractivity contribution < 1.29 is 0 Å². The summed E-state index contributed by atoms with van der Waals surface area (Å²) < 4.78 is 0. The van der Waals surface area contributed by atoms with Crippen molar-refractivity contribution in [2.75, 3.05) is 6.54 Å². The van der Waals surface area contributed by atoms with Crippen LogP contribution < -0.4 is 0 Å². The Morgan fingerprint density at radius 3 is 1.69 bits per heavy atom. The Labute approximate surface area is 165 Å². The van der Waals surface area contributed by atoms with Crippen molar-refractivity contribution in [2.24, 2.45) is 0 Å². The van der Waals surface area contributed by atoms with Crippen LogP contribution in [0.3, 0.4) is 0 Å². The van der Waals surface area contributed by atoms with E-state index in [-0.39, 0.29) is 0 Å². The third kappa shape index (κ3) is 9.88. The molecule has 154 valence electrons. The molecule has 1 heterocycles. The normalized spacial score (nSPS) is 17.0. The van der Waals surface area contributed by atoms with Gasteiger partial charge in [-0.2, -0.15) is 0 Å². The molecule has 2 nitrogen and oxygen atoms in total. The molecule has 0 aromatic rings. The van der Waals surface area contributed by atoms with Gasteiger partial charge in [-0.25, -0.2) is 0 Å². The van der Waals surface area contributed by atoms with Gasteiger partial charge in [0.05, 0.1) is 0 Å². The van der Waals surface area contributed by atoms with E-state index in [1.807, 2.05) is 0 Å². The SMILES string of the molecule is CCCCCCCCCCCCCC1N(CCCCC)C=CN1C(C)C. The van der Waals surface area contributed by atoms with Crippen molar-refractivity contribution in [3.05, 3.63) is 12.4 Å². The molecule has 1 unspecified atom stereocenters. The zero-order valence-corrected chi connectivity index (χ0v) is 18.5. The Balaban J connectivity index is 2.10. The summed E-state index contributed by atoms with van der Waals surface area (Å²) in [5, 5.41) is 0. The van der Waals surface area contributed by atoms with E-state index in [0.29, 0.717) is 12.2 Å². The summed E-state index contributed by atoms with van der Waals surface area (Å²) >= 11 is 0. The average molecular weight is 365 g/mol. The molecular formula is C24H48N2. The monoisotopic (exact) mass is 364 g/mol. The quantitative estimate of drug-likeness (QED) is 0.244. The molecule has 0 bridgehead atoms. The minimum absolute atomic E-state index is 0.611. The second kappa shape index (κ2) is 15.4. The zero-order valence-electron chi connectivity index (χ0n) is 18.5. The summed E-state index contributed by atoms with van der Waals surface area (Å²) in [5.41, 5.74) is 0. The summed E-state index contributed by atoms with van der Waals surface area (Å²) in [5.74, 6) is 0. The number of hydrogen-bond donors (Lipinski definition) is 0. The predicted octanol–water partition coefficient (Wildman–Crippen LogP) is 7.70. The number of hydrogen-bond acceptors (Lipinski definition) is 2. The third-order valence-electron chi connectivity index (χ3n) is 5.84. The van der Waals surface area contributed by atoms with Gasteiger partial charge in [0, 0.05) is 25.0 Å². The van der Waals surface area contributed by atoms with Crippen molar-refractivity contribution in [1.82, 2.24) is 9.80 Å². The fourth-order valence-corrected chi connectivity index (χ4v) is 4.12. The highest BCUT2D eigenvalue weighted by Crippen LogP contribution is 2.24. The van der Waals surface area contributed by atoms with E-state index in [2.05, 4.69) is 49.9 Å². The standard InChI is InChI=1S/C24H48N2/c1-5-7-9-10-11-12-13-14-15-16-17-19-24-25(20-18-8-6-2)21-22-26(24)23(3)4/h21-24H,5-20H2,1-4H3. The fourth-order valence-electron chi connectivity index (χ4n) is 4.12. The molecule has 0 aliphatic carbocycles. The van der Waals surface area contributed by atoms with E-state index in [9.17, 15) is 0 Å². The van der Waals surface area contributed by atoms with Gasteiger partial charge in [0.15, 0.2) is 0 Å². The van der Waals surface area contributed by atoms with Crippen LogP contribution in [0.1, 0.15) is 124 Å². The van der Waals surface area contributed by atoms with Crippen LogP contribution in [-0.4, -0.2) is 28.6 Å². The Bertz CT molecular complexity index is 337. The van der Waals surface area contributed by atoms with Gasteiger partial charge >= 0.3 is 0 Å². The average Bonchev–Trinajstić information content (AvgIpc) is 3.03. The van der Waals surface area contributed by atoms with Crippen LogP contribution >= 0.6 is 0 Å². The van der Waals surface area contributed by atoms with Gasteiger partial charge in [0.1, 0.15) is 6.17 Å². The van der Waals surface area contributed by atoms with Crippen molar-refractivity contribution >= 4 is 0 Å². The van der Waals surface area contributed by atoms with Gasteiger partial charge in [-0.05, 0) is 33.1 Å². The summed E-state index contributed by atoms with van der Waals surface area (Å²) in [7, 11) is 0. The van der Waals surface area contributed by atoms with Gasteiger partial charge < -0.3 is 9.80 Å². The first-order valence-electron chi connectivity index (χ1n) is 11.9. The first kappa shape index (κ1) is 23.4. The van der Waals surface area contributed by atoms with Crippen LogP contribution in [0, 0.1) is 0 Å². The molecule has 0 saturated carbocycles. The summed E-state index contributed by atoms with van der Waals surface area (Å²) in [4.78, 5) is 5.17. The van der Waals surface area contributed by atoms with Crippen molar-refractivity contribution in [3.63, 3.8) is 0 Å². The molecule has 0 aromatic heterocycles. The topological polar surface area (TPSA) is 6.48 Å². The van der Waals surface area contributed by atoms with Crippen molar-refractivity contribution in [1.29, 1.82) is 0 Å². The molecule has 0 fully saturated rings. The van der Waals surface area contributed by atoms with E-state index < -0.39 is 0 Å². The molecule has 26 heavy (non-hydrogen) atoms. The highest BCUT2D eigenvalue weighted by Gasteiger charge is 2.26. The molecule has 0 N–H and O–H groups in total. The Morgan fingerprint density at radius 2 is 1.15 bits per heavy atom. The van der Waals surface area contributed by atoms with Crippen LogP contribution in [0.5, 0.6) is 0 Å². The highest BCUT2D eigenvalue weighted by molar-refractivity contribution is 4.98. The van der Waals surface area contributed by atoms with E-state index >= 15 is 0 Å². The minimum atomic E-state index is 0.611. The lowest BCUT2D eigenvalue weighted by Gasteiger charge is -2.35. The molecule has 1 aliphatic heterocycles. The van der Waals surface area contributed by atoms with Crippen LogP contribution in [0.4, 0.5) is 0 Å². The van der Waals surface area contributed by atoms with Gasteiger partial charge in [-0.1, -0.05) is 90.9 Å². The van der Waals surface area contributed by atoms with Crippen LogP contribution in [0.15, 0.2) is 12.4 Å². The third-order valence-corrected chi connectivity index (χ3v) is 5.84. The van der Waals surface area contributed by atoms with Crippen LogP contribution in [0.25, 0.3) is 0 Å². The van der Waals surface area contributed by atoms with E-state index in [1.54, 1.807) is 0 Å². The molecule has 1 rings (SSSR count). The number of rotatable bonds is 17. The van der Waals surface area contributed by atoms with Gasteiger partial charge in [-0.3, -0.25) is 0 Å². The smallest absolute Gasteiger partial charge is 0.101 e. The van der Waals surface area contributed by atoms with E-state index in [4.69, 9.17) is 0 Å². The largest absolute Gasteiger partial charge is 0.356 e. The first-order chi connectivity index (χ1) is 12.7. The van der Waals surface area contributed by atoms with Gasteiger partial charge in [0.25, 0.3) is 0 Å². The summed E-state index contributed by atoms with van der Waals surface area (Å²) in [6, 6.07) is 0.611. The first-order valence-corrected chi connectivity index (χ1v) is 11.9. The molecule has 1 atom stereocenters. The van der Waals surface area contributed by atoms with Crippen molar-refractivity contribution in [3.8, 4) is 0 Å². The maximum Gasteiger partial charge on any atom is 0.101 e. The Morgan fingerprint density at radius 1 is 0.654 bits per heavy atom. The molecule has 2 heteroatoms. The van der Waals surface area contributed by atoms with Gasteiger partial charge in [0.2, 0.25) is 0 Å².